The number of amides is 2. The molecule has 2 amide bonds. The lowest BCUT2D eigenvalue weighted by Crippen LogP contribution is -2.43. The van der Waals surface area contributed by atoms with Gasteiger partial charge in [0.15, 0.2) is 0 Å². The minimum atomic E-state index is -3.64. The van der Waals surface area contributed by atoms with Crippen LogP contribution in [0, 0.1) is 5.92 Å². The number of rotatable bonds is 3. The largest absolute Gasteiger partial charge is 0.445 e. The van der Waals surface area contributed by atoms with Gasteiger partial charge in [-0.1, -0.05) is 37.3 Å². The summed E-state index contributed by atoms with van der Waals surface area (Å²) in [5.74, 6) is -1.01. The summed E-state index contributed by atoms with van der Waals surface area (Å²) >= 11 is 0. The minimum absolute atomic E-state index is 0.145. The van der Waals surface area contributed by atoms with Gasteiger partial charge in [-0.2, -0.15) is 0 Å². The molecule has 7 nitrogen and oxygen atoms in total. The zero-order valence-electron chi connectivity index (χ0n) is 13.6. The van der Waals surface area contributed by atoms with Crippen molar-refractivity contribution in [3.63, 3.8) is 0 Å². The summed E-state index contributed by atoms with van der Waals surface area (Å²) in [5, 5.41) is 0. The van der Waals surface area contributed by atoms with Crippen LogP contribution in [0.15, 0.2) is 30.3 Å². The molecule has 3 rings (SSSR count). The predicted molar refractivity (Wildman–Crippen MR) is 86.4 cm³/mol. The van der Waals surface area contributed by atoms with Gasteiger partial charge in [0.2, 0.25) is 15.9 Å². The Hall–Kier alpha value is -2.09. The molecular weight excluding hydrogens is 332 g/mol. The van der Waals surface area contributed by atoms with E-state index in [1.54, 1.807) is 6.92 Å². The number of hydrogen-bond donors (Lipinski definition) is 0. The summed E-state index contributed by atoms with van der Waals surface area (Å²) in [6, 6.07) is 8.35. The van der Waals surface area contributed by atoms with Crippen LogP contribution in [0.2, 0.25) is 0 Å². The predicted octanol–water partition coefficient (Wildman–Crippen LogP) is 1.20. The van der Waals surface area contributed by atoms with Crippen molar-refractivity contribution in [3.8, 4) is 0 Å². The van der Waals surface area contributed by atoms with Crippen LogP contribution >= 0.6 is 0 Å². The molecule has 2 aliphatic heterocycles. The second-order valence-electron chi connectivity index (χ2n) is 6.27. The number of benzene rings is 1. The number of fused-ring (bicyclic) bond motifs is 1. The van der Waals surface area contributed by atoms with Crippen molar-refractivity contribution in [1.82, 2.24) is 9.21 Å². The van der Waals surface area contributed by atoms with Crippen LogP contribution in [-0.2, 0) is 26.2 Å². The van der Waals surface area contributed by atoms with Crippen LogP contribution in [0.1, 0.15) is 18.9 Å². The number of nitrogens with zero attached hydrogens (tertiary/aromatic N) is 2. The third-order valence-corrected chi connectivity index (χ3v) is 5.80. The van der Waals surface area contributed by atoms with E-state index in [1.165, 1.54) is 4.90 Å². The van der Waals surface area contributed by atoms with Gasteiger partial charge in [-0.3, -0.25) is 4.79 Å². The first-order chi connectivity index (χ1) is 11.3. The maximum Gasteiger partial charge on any atom is 0.410 e. The average molecular weight is 352 g/mol. The number of carbonyl (C=O) groups excluding carboxylic acids is 2. The van der Waals surface area contributed by atoms with Gasteiger partial charge in [0.25, 0.3) is 0 Å². The van der Waals surface area contributed by atoms with Gasteiger partial charge in [-0.05, 0) is 12.0 Å². The van der Waals surface area contributed by atoms with E-state index in [4.69, 9.17) is 4.74 Å². The van der Waals surface area contributed by atoms with E-state index >= 15 is 0 Å². The number of hydrogen-bond acceptors (Lipinski definition) is 5. The second kappa shape index (κ2) is 6.08. The Labute approximate surface area is 141 Å². The van der Waals surface area contributed by atoms with E-state index in [-0.39, 0.29) is 6.61 Å². The fourth-order valence-corrected chi connectivity index (χ4v) is 4.81. The number of ether oxygens (including phenoxy) is 1. The van der Waals surface area contributed by atoms with Crippen LogP contribution in [-0.4, -0.2) is 54.5 Å². The topological polar surface area (TPSA) is 84.0 Å². The van der Waals surface area contributed by atoms with Gasteiger partial charge in [0.1, 0.15) is 6.61 Å². The Bertz CT molecular complexity index is 749. The van der Waals surface area contributed by atoms with E-state index in [0.29, 0.717) is 13.0 Å². The molecule has 0 unspecified atom stereocenters. The molecule has 1 aromatic carbocycles. The molecule has 2 saturated heterocycles. The highest BCUT2D eigenvalue weighted by molar-refractivity contribution is 7.88. The zero-order chi connectivity index (χ0) is 17.5. The maximum atomic E-state index is 12.4. The van der Waals surface area contributed by atoms with Crippen LogP contribution in [0.3, 0.4) is 0 Å². The number of carbonyl (C=O) groups is 2. The SMILES string of the molecule is C[C@@H]1C(=O)N(S(C)(=O)=O)[C@H]2CCN(C(=O)OCc3ccccc3)[C@H]12. The van der Waals surface area contributed by atoms with Crippen molar-refractivity contribution in [1.29, 1.82) is 0 Å². The smallest absolute Gasteiger partial charge is 0.410 e. The van der Waals surface area contributed by atoms with Gasteiger partial charge in [-0.15, -0.1) is 0 Å². The minimum Gasteiger partial charge on any atom is -0.445 e. The summed E-state index contributed by atoms with van der Waals surface area (Å²) in [4.78, 5) is 26.2. The summed E-state index contributed by atoms with van der Waals surface area (Å²) in [5.41, 5.74) is 0.870. The first kappa shape index (κ1) is 16.8. The molecule has 0 N–H and O–H groups in total. The van der Waals surface area contributed by atoms with Crippen molar-refractivity contribution < 1.29 is 22.7 Å². The molecular formula is C16H20N2O5S. The third-order valence-electron chi connectivity index (χ3n) is 4.64. The van der Waals surface area contributed by atoms with E-state index in [2.05, 4.69) is 0 Å². The van der Waals surface area contributed by atoms with Crippen molar-refractivity contribution in [3.05, 3.63) is 35.9 Å². The Morgan fingerprint density at radius 3 is 2.58 bits per heavy atom. The fraction of sp³-hybridized carbons (Fsp3) is 0.500. The highest BCUT2D eigenvalue weighted by atomic mass is 32.2. The van der Waals surface area contributed by atoms with E-state index in [0.717, 1.165) is 16.1 Å². The molecule has 0 radical (unpaired) electrons. The normalized spacial score (nSPS) is 26.6. The summed E-state index contributed by atoms with van der Waals surface area (Å²) in [7, 11) is -3.64. The second-order valence-corrected chi connectivity index (χ2v) is 8.13. The number of likely N-dealkylation sites (tertiary alicyclic amines) is 1. The fourth-order valence-electron chi connectivity index (χ4n) is 3.59. The monoisotopic (exact) mass is 352 g/mol. The van der Waals surface area contributed by atoms with Crippen LogP contribution in [0.5, 0.6) is 0 Å². The lowest BCUT2D eigenvalue weighted by molar-refractivity contribution is -0.127. The van der Waals surface area contributed by atoms with Crippen molar-refractivity contribution >= 4 is 22.0 Å². The van der Waals surface area contributed by atoms with Gasteiger partial charge in [-0.25, -0.2) is 17.5 Å². The molecule has 2 aliphatic rings. The van der Waals surface area contributed by atoms with E-state index < -0.39 is 40.0 Å². The van der Waals surface area contributed by atoms with Gasteiger partial charge in [0.05, 0.1) is 24.3 Å². The Kier molecular flexibility index (Phi) is 4.25. The zero-order valence-corrected chi connectivity index (χ0v) is 14.4. The lowest BCUT2D eigenvalue weighted by atomic mass is 10.0. The molecule has 8 heteroatoms. The Morgan fingerprint density at radius 2 is 1.96 bits per heavy atom. The van der Waals surface area contributed by atoms with Crippen LogP contribution in [0.4, 0.5) is 4.79 Å². The quantitative estimate of drug-likeness (QED) is 0.816. The van der Waals surface area contributed by atoms with Gasteiger partial charge in [0, 0.05) is 6.54 Å². The lowest BCUT2D eigenvalue weighted by Gasteiger charge is -2.25. The van der Waals surface area contributed by atoms with Crippen molar-refractivity contribution in [2.45, 2.75) is 32.0 Å². The Morgan fingerprint density at radius 1 is 1.29 bits per heavy atom. The summed E-state index contributed by atoms with van der Waals surface area (Å²) in [6.45, 7) is 2.19. The number of sulfonamides is 1. The van der Waals surface area contributed by atoms with Crippen molar-refractivity contribution in [2.24, 2.45) is 5.92 Å². The van der Waals surface area contributed by atoms with Crippen LogP contribution in [0.25, 0.3) is 0 Å². The molecule has 0 aliphatic carbocycles. The molecule has 24 heavy (non-hydrogen) atoms. The van der Waals surface area contributed by atoms with Gasteiger partial charge < -0.3 is 9.64 Å². The standard InChI is InChI=1S/C16H20N2O5S/c1-11-14-13(18(15(11)19)24(2,21)22)8-9-17(14)16(20)23-10-12-6-4-3-5-7-12/h3-7,11,13-14H,8-10H2,1-2H3/t11-,13-,14+/m0/s1. The molecule has 0 saturated carbocycles. The molecule has 2 heterocycles. The first-order valence-electron chi connectivity index (χ1n) is 7.81. The molecule has 0 bridgehead atoms. The van der Waals surface area contributed by atoms with Crippen molar-refractivity contribution in [2.75, 3.05) is 12.8 Å². The Balaban J connectivity index is 1.72. The van der Waals surface area contributed by atoms with Crippen LogP contribution < -0.4 is 0 Å². The average Bonchev–Trinajstić information content (AvgIpc) is 3.05. The van der Waals surface area contributed by atoms with Gasteiger partial charge >= 0.3 is 6.09 Å². The third kappa shape index (κ3) is 2.86. The summed E-state index contributed by atoms with van der Waals surface area (Å²) < 4.78 is 30.0. The highest BCUT2D eigenvalue weighted by Crippen LogP contribution is 2.38. The molecule has 0 aromatic heterocycles. The molecule has 130 valence electrons. The maximum absolute atomic E-state index is 12.4. The van der Waals surface area contributed by atoms with E-state index in [1.807, 2.05) is 30.3 Å². The molecule has 2 fully saturated rings. The highest BCUT2D eigenvalue weighted by Gasteiger charge is 2.56. The molecule has 3 atom stereocenters. The van der Waals surface area contributed by atoms with E-state index in [9.17, 15) is 18.0 Å². The summed E-state index contributed by atoms with van der Waals surface area (Å²) in [6.07, 6.45) is 0.950. The molecule has 1 aromatic rings. The first-order valence-corrected chi connectivity index (χ1v) is 9.66. The molecule has 0 spiro atoms.